The van der Waals surface area contributed by atoms with E-state index in [1.807, 2.05) is 25.3 Å². The fourth-order valence-electron chi connectivity index (χ4n) is 4.08. The fraction of sp³-hybridized carbons (Fsp3) is 0.562. The van der Waals surface area contributed by atoms with E-state index >= 15 is 0 Å². The molecule has 6 heteroatoms. The third kappa shape index (κ3) is 1.90. The zero-order valence-electron chi connectivity index (χ0n) is 13.0. The molecular weight excluding hydrogens is 280 g/mol. The van der Waals surface area contributed by atoms with Gasteiger partial charge in [-0.05, 0) is 30.9 Å². The van der Waals surface area contributed by atoms with Crippen molar-refractivity contribution in [3.63, 3.8) is 0 Å². The number of aryl methyl sites for hydroxylation is 1. The molecule has 22 heavy (non-hydrogen) atoms. The van der Waals surface area contributed by atoms with Gasteiger partial charge in [-0.15, -0.1) is 10.2 Å². The molecule has 1 aliphatic heterocycles. The van der Waals surface area contributed by atoms with E-state index in [2.05, 4.69) is 20.1 Å². The summed E-state index contributed by atoms with van der Waals surface area (Å²) in [5.74, 6) is 3.71. The van der Waals surface area contributed by atoms with Gasteiger partial charge in [0.05, 0.1) is 12.5 Å². The highest BCUT2D eigenvalue weighted by Gasteiger charge is 2.54. The lowest BCUT2D eigenvalue weighted by molar-refractivity contribution is 0.299. The first kappa shape index (κ1) is 13.5. The summed E-state index contributed by atoms with van der Waals surface area (Å²) in [7, 11) is 1.69. The second-order valence-corrected chi connectivity index (χ2v) is 6.28. The van der Waals surface area contributed by atoms with E-state index in [-0.39, 0.29) is 5.41 Å². The predicted molar refractivity (Wildman–Crippen MR) is 81.1 cm³/mol. The molecule has 116 valence electrons. The molecule has 4 rings (SSSR count). The third-order valence-electron chi connectivity index (χ3n) is 5.09. The van der Waals surface area contributed by atoms with Crippen LogP contribution in [0.3, 0.4) is 0 Å². The molecule has 2 atom stereocenters. The van der Waals surface area contributed by atoms with Crippen molar-refractivity contribution >= 4 is 5.82 Å². The predicted octanol–water partition coefficient (Wildman–Crippen LogP) is 2.34. The van der Waals surface area contributed by atoms with Crippen LogP contribution in [0.2, 0.25) is 0 Å². The molecule has 6 nitrogen and oxygen atoms in total. The summed E-state index contributed by atoms with van der Waals surface area (Å²) >= 11 is 0. The summed E-state index contributed by atoms with van der Waals surface area (Å²) in [6.07, 6.45) is 5.34. The number of fused-ring (bicyclic) bond motifs is 1. The maximum Gasteiger partial charge on any atom is 0.224 e. The van der Waals surface area contributed by atoms with Crippen molar-refractivity contribution in [3.05, 3.63) is 30.1 Å². The molecule has 1 saturated heterocycles. The maximum absolute atomic E-state index is 5.81. The minimum absolute atomic E-state index is 0.0240. The highest BCUT2D eigenvalue weighted by atomic mass is 16.5. The first-order chi connectivity index (χ1) is 10.7. The average Bonchev–Trinajstić information content (AvgIpc) is 3.20. The van der Waals surface area contributed by atoms with Gasteiger partial charge in [0.2, 0.25) is 11.8 Å². The lowest BCUT2D eigenvalue weighted by Gasteiger charge is -2.25. The standard InChI is InChI=1S/C16H20N4O2/c1-11-18-19-15(22-11)16-7-3-5-12(16)9-20(10-16)14-13(21-2)6-4-8-17-14/h4,6,8,12H,3,5,7,9-10H2,1-2H3/t12-,16-/m0/s1. The Morgan fingerprint density at radius 1 is 1.41 bits per heavy atom. The SMILES string of the molecule is COc1cccnc1N1C[C@@H]2CCC[C@]2(c2nnc(C)o2)C1. The van der Waals surface area contributed by atoms with Crippen molar-refractivity contribution < 1.29 is 9.15 Å². The number of aromatic nitrogens is 3. The molecule has 2 fully saturated rings. The van der Waals surface area contributed by atoms with Gasteiger partial charge in [0.25, 0.3) is 0 Å². The summed E-state index contributed by atoms with van der Waals surface area (Å²) in [4.78, 5) is 6.83. The van der Waals surface area contributed by atoms with E-state index in [1.54, 1.807) is 7.11 Å². The van der Waals surface area contributed by atoms with Crippen molar-refractivity contribution in [3.8, 4) is 5.75 Å². The minimum atomic E-state index is -0.0240. The molecule has 0 bridgehead atoms. The van der Waals surface area contributed by atoms with E-state index < -0.39 is 0 Å². The summed E-state index contributed by atoms with van der Waals surface area (Å²) in [5.41, 5.74) is -0.0240. The van der Waals surface area contributed by atoms with Gasteiger partial charge in [-0.1, -0.05) is 6.42 Å². The molecule has 2 aliphatic rings. The van der Waals surface area contributed by atoms with Crippen LogP contribution < -0.4 is 9.64 Å². The Kier molecular flexibility index (Phi) is 3.06. The molecule has 0 amide bonds. The number of hydrogen-bond donors (Lipinski definition) is 0. The van der Waals surface area contributed by atoms with Gasteiger partial charge in [0.1, 0.15) is 0 Å². The Balaban J connectivity index is 1.70. The van der Waals surface area contributed by atoms with Crippen LogP contribution >= 0.6 is 0 Å². The summed E-state index contributed by atoms with van der Waals surface area (Å²) in [6.45, 7) is 3.69. The van der Waals surface area contributed by atoms with Crippen molar-refractivity contribution in [2.75, 3.05) is 25.1 Å². The fourth-order valence-corrected chi connectivity index (χ4v) is 4.08. The van der Waals surface area contributed by atoms with E-state index in [1.165, 1.54) is 12.8 Å². The molecule has 2 aromatic heterocycles. The Hall–Kier alpha value is -2.11. The lowest BCUT2D eigenvalue weighted by Crippen LogP contribution is -2.32. The Bertz CT molecular complexity index is 686. The molecule has 2 aromatic rings. The summed E-state index contributed by atoms with van der Waals surface area (Å²) < 4.78 is 11.3. The largest absolute Gasteiger partial charge is 0.493 e. The van der Waals surface area contributed by atoms with Crippen LogP contribution in [0, 0.1) is 12.8 Å². The first-order valence-electron chi connectivity index (χ1n) is 7.77. The van der Waals surface area contributed by atoms with Crippen LogP contribution in [0.1, 0.15) is 31.0 Å². The number of rotatable bonds is 3. The van der Waals surface area contributed by atoms with Gasteiger partial charge >= 0.3 is 0 Å². The smallest absolute Gasteiger partial charge is 0.224 e. The number of ether oxygens (including phenoxy) is 1. The number of hydrogen-bond acceptors (Lipinski definition) is 6. The number of methoxy groups -OCH3 is 1. The summed E-state index contributed by atoms with van der Waals surface area (Å²) in [6, 6.07) is 3.86. The van der Waals surface area contributed by atoms with Crippen molar-refractivity contribution in [2.45, 2.75) is 31.6 Å². The second-order valence-electron chi connectivity index (χ2n) is 6.28. The average molecular weight is 300 g/mol. The third-order valence-corrected chi connectivity index (χ3v) is 5.09. The van der Waals surface area contributed by atoms with Crippen LogP contribution in [-0.4, -0.2) is 35.4 Å². The molecule has 0 unspecified atom stereocenters. The van der Waals surface area contributed by atoms with E-state index in [4.69, 9.17) is 9.15 Å². The molecule has 3 heterocycles. The second kappa shape index (κ2) is 4.97. The van der Waals surface area contributed by atoms with Crippen molar-refractivity contribution in [1.29, 1.82) is 0 Å². The van der Waals surface area contributed by atoms with Gasteiger partial charge in [-0.2, -0.15) is 0 Å². The van der Waals surface area contributed by atoms with E-state index in [0.717, 1.165) is 37.0 Å². The van der Waals surface area contributed by atoms with Crippen LogP contribution in [-0.2, 0) is 5.41 Å². The van der Waals surface area contributed by atoms with Crippen LogP contribution in [0.25, 0.3) is 0 Å². The molecule has 1 saturated carbocycles. The topological polar surface area (TPSA) is 64.3 Å². The van der Waals surface area contributed by atoms with Crippen molar-refractivity contribution in [1.82, 2.24) is 15.2 Å². The van der Waals surface area contributed by atoms with Gasteiger partial charge in [-0.25, -0.2) is 4.98 Å². The van der Waals surface area contributed by atoms with Crippen LogP contribution in [0.15, 0.2) is 22.7 Å². The van der Waals surface area contributed by atoms with E-state index in [9.17, 15) is 0 Å². The molecule has 0 radical (unpaired) electrons. The number of anilines is 1. The molecule has 0 spiro atoms. The quantitative estimate of drug-likeness (QED) is 0.867. The zero-order valence-corrected chi connectivity index (χ0v) is 13.0. The Morgan fingerprint density at radius 2 is 2.32 bits per heavy atom. The van der Waals surface area contributed by atoms with E-state index in [0.29, 0.717) is 11.8 Å². The van der Waals surface area contributed by atoms with Crippen LogP contribution in [0.4, 0.5) is 5.82 Å². The molecule has 1 aliphatic carbocycles. The Labute approximate surface area is 129 Å². The lowest BCUT2D eigenvalue weighted by atomic mass is 9.80. The minimum Gasteiger partial charge on any atom is -0.493 e. The first-order valence-corrected chi connectivity index (χ1v) is 7.77. The van der Waals surface area contributed by atoms with Gasteiger partial charge in [-0.3, -0.25) is 0 Å². The van der Waals surface area contributed by atoms with Crippen molar-refractivity contribution in [2.24, 2.45) is 5.92 Å². The van der Waals surface area contributed by atoms with Gasteiger partial charge < -0.3 is 14.1 Å². The number of pyridine rings is 1. The van der Waals surface area contributed by atoms with Gasteiger partial charge in [0.15, 0.2) is 11.6 Å². The number of nitrogens with zero attached hydrogens (tertiary/aromatic N) is 4. The molecular formula is C16H20N4O2. The maximum atomic E-state index is 5.81. The van der Waals surface area contributed by atoms with Crippen LogP contribution in [0.5, 0.6) is 5.75 Å². The normalized spacial score (nSPS) is 27.2. The Morgan fingerprint density at radius 3 is 3.09 bits per heavy atom. The van der Waals surface area contributed by atoms with Gasteiger partial charge in [0, 0.05) is 26.2 Å². The highest BCUT2D eigenvalue weighted by Crippen LogP contribution is 2.51. The highest BCUT2D eigenvalue weighted by molar-refractivity contribution is 5.54. The molecule has 0 aromatic carbocycles. The zero-order chi connectivity index (χ0) is 15.2. The monoisotopic (exact) mass is 300 g/mol. The molecule has 0 N–H and O–H groups in total. The summed E-state index contributed by atoms with van der Waals surface area (Å²) in [5, 5.41) is 8.38.